The van der Waals surface area contributed by atoms with Gasteiger partial charge in [0.15, 0.2) is 0 Å². The highest BCUT2D eigenvalue weighted by molar-refractivity contribution is 5.94. The van der Waals surface area contributed by atoms with Gasteiger partial charge in [0.1, 0.15) is 12.7 Å². The topological polar surface area (TPSA) is 71.8 Å². The first-order chi connectivity index (χ1) is 12.2. The zero-order valence-corrected chi connectivity index (χ0v) is 14.3. The molecule has 2 aliphatic carbocycles. The summed E-state index contributed by atoms with van der Waals surface area (Å²) in [4.78, 5) is 16.3. The van der Waals surface area contributed by atoms with Crippen molar-refractivity contribution in [2.75, 3.05) is 11.9 Å². The average molecular weight is 337 g/mol. The number of aromatic nitrogens is 3. The number of rotatable bonds is 6. The maximum absolute atomic E-state index is 12.4. The lowest BCUT2D eigenvalue weighted by atomic mass is 9.93. The van der Waals surface area contributed by atoms with Crippen molar-refractivity contribution in [2.24, 2.45) is 17.8 Å². The van der Waals surface area contributed by atoms with Crippen molar-refractivity contribution < 1.29 is 4.79 Å². The number of benzene rings is 1. The van der Waals surface area contributed by atoms with E-state index in [-0.39, 0.29) is 11.9 Å². The van der Waals surface area contributed by atoms with Gasteiger partial charge in [-0.1, -0.05) is 12.2 Å². The van der Waals surface area contributed by atoms with E-state index in [1.165, 1.54) is 19.2 Å². The third-order valence-electron chi connectivity index (χ3n) is 5.31. The summed E-state index contributed by atoms with van der Waals surface area (Å²) in [6.07, 6.45) is 10.4. The van der Waals surface area contributed by atoms with Crippen molar-refractivity contribution in [3.63, 3.8) is 0 Å². The maximum Gasteiger partial charge on any atom is 0.241 e. The lowest BCUT2D eigenvalue weighted by Crippen LogP contribution is -2.41. The fraction of sp³-hybridized carbons (Fsp3) is 0.421. The van der Waals surface area contributed by atoms with Crippen LogP contribution in [0, 0.1) is 17.8 Å². The summed E-state index contributed by atoms with van der Waals surface area (Å²) < 4.78 is 1.68. The highest BCUT2D eigenvalue weighted by Crippen LogP contribution is 2.42. The summed E-state index contributed by atoms with van der Waals surface area (Å²) in [7, 11) is 0. The van der Waals surface area contributed by atoms with Gasteiger partial charge in [0, 0.05) is 5.69 Å². The first-order valence-corrected chi connectivity index (χ1v) is 8.86. The summed E-state index contributed by atoms with van der Waals surface area (Å²) in [5.41, 5.74) is 1.69. The zero-order chi connectivity index (χ0) is 17.2. The third kappa shape index (κ3) is 3.49. The van der Waals surface area contributed by atoms with Crippen molar-refractivity contribution in [1.29, 1.82) is 0 Å². The predicted molar refractivity (Wildman–Crippen MR) is 96.3 cm³/mol. The molecule has 4 atom stereocenters. The molecule has 4 rings (SSSR count). The van der Waals surface area contributed by atoms with E-state index in [1.54, 1.807) is 11.0 Å². The van der Waals surface area contributed by atoms with Gasteiger partial charge in [-0.25, -0.2) is 9.67 Å². The van der Waals surface area contributed by atoms with Gasteiger partial charge in [0.05, 0.1) is 11.7 Å². The predicted octanol–water partition coefficient (Wildman–Crippen LogP) is 2.40. The molecule has 0 spiro atoms. The molecule has 6 heteroatoms. The number of carbonyl (C=O) groups excluding carboxylic acids is 1. The molecule has 1 amide bonds. The Balaban J connectivity index is 1.28. The van der Waals surface area contributed by atoms with Crippen LogP contribution in [0.5, 0.6) is 0 Å². The molecule has 0 radical (unpaired) electrons. The second-order valence-corrected chi connectivity index (χ2v) is 7.05. The van der Waals surface area contributed by atoms with E-state index >= 15 is 0 Å². The van der Waals surface area contributed by atoms with Crippen LogP contribution in [-0.2, 0) is 4.79 Å². The second kappa shape index (κ2) is 6.80. The van der Waals surface area contributed by atoms with Gasteiger partial charge in [0.2, 0.25) is 5.91 Å². The molecule has 0 aliphatic heterocycles. The van der Waals surface area contributed by atoms with E-state index < -0.39 is 0 Å². The monoisotopic (exact) mass is 337 g/mol. The van der Waals surface area contributed by atoms with E-state index in [9.17, 15) is 4.79 Å². The highest BCUT2D eigenvalue weighted by atomic mass is 16.2. The Labute approximate surface area is 147 Å². The van der Waals surface area contributed by atoms with Gasteiger partial charge in [-0.2, -0.15) is 5.10 Å². The second-order valence-electron chi connectivity index (χ2n) is 7.05. The van der Waals surface area contributed by atoms with Crippen LogP contribution in [0.3, 0.4) is 0 Å². The van der Waals surface area contributed by atoms with Crippen LogP contribution in [-0.4, -0.2) is 33.3 Å². The zero-order valence-electron chi connectivity index (χ0n) is 14.3. The van der Waals surface area contributed by atoms with Crippen LogP contribution >= 0.6 is 0 Å². The summed E-state index contributed by atoms with van der Waals surface area (Å²) in [5, 5.41) is 10.4. The minimum Gasteiger partial charge on any atom is -0.325 e. The van der Waals surface area contributed by atoms with Crippen LogP contribution < -0.4 is 10.6 Å². The SMILES string of the molecule is C[C@H](NC[C@@H]1C[C@H]2C=C[C@H]1C2)C(=O)Nc1ccc(-n2cncn2)cc1. The van der Waals surface area contributed by atoms with Crippen molar-refractivity contribution >= 4 is 11.6 Å². The van der Waals surface area contributed by atoms with Gasteiger partial charge in [0.25, 0.3) is 0 Å². The van der Waals surface area contributed by atoms with Gasteiger partial charge in [-0.15, -0.1) is 0 Å². The Kier molecular flexibility index (Phi) is 4.36. The molecule has 2 N–H and O–H groups in total. The smallest absolute Gasteiger partial charge is 0.241 e. The van der Waals surface area contributed by atoms with Crippen molar-refractivity contribution in [2.45, 2.75) is 25.8 Å². The molecule has 2 bridgehead atoms. The van der Waals surface area contributed by atoms with Gasteiger partial charge < -0.3 is 10.6 Å². The Bertz CT molecular complexity index is 753. The number of allylic oxidation sites excluding steroid dienone is 2. The van der Waals surface area contributed by atoms with Crippen LogP contribution in [0.4, 0.5) is 5.69 Å². The molecule has 1 fully saturated rings. The lowest BCUT2D eigenvalue weighted by Gasteiger charge is -2.21. The average Bonchev–Trinajstić information content (AvgIpc) is 3.37. The number of hydrogen-bond donors (Lipinski definition) is 2. The van der Waals surface area contributed by atoms with E-state index in [0.717, 1.165) is 23.8 Å². The lowest BCUT2D eigenvalue weighted by molar-refractivity contribution is -0.117. The molecule has 1 aromatic heterocycles. The quantitative estimate of drug-likeness (QED) is 0.794. The molecule has 1 heterocycles. The first-order valence-electron chi connectivity index (χ1n) is 8.86. The molecule has 1 saturated carbocycles. The van der Waals surface area contributed by atoms with Crippen LogP contribution in [0.25, 0.3) is 5.69 Å². The van der Waals surface area contributed by atoms with Crippen molar-refractivity contribution in [3.8, 4) is 5.69 Å². The molecule has 2 aromatic rings. The van der Waals surface area contributed by atoms with Crippen molar-refractivity contribution in [1.82, 2.24) is 20.1 Å². The van der Waals surface area contributed by atoms with Crippen LogP contribution in [0.1, 0.15) is 19.8 Å². The summed E-state index contributed by atoms with van der Waals surface area (Å²) >= 11 is 0. The summed E-state index contributed by atoms with van der Waals surface area (Å²) in [6.45, 7) is 2.83. The minimum atomic E-state index is -0.210. The van der Waals surface area contributed by atoms with Gasteiger partial charge in [-0.05, 0) is 68.3 Å². The first kappa shape index (κ1) is 16.0. The number of fused-ring (bicyclic) bond motifs is 2. The van der Waals surface area contributed by atoms with E-state index in [0.29, 0.717) is 11.8 Å². The van der Waals surface area contributed by atoms with Gasteiger partial charge in [-0.3, -0.25) is 4.79 Å². The Morgan fingerprint density at radius 1 is 1.28 bits per heavy atom. The number of amides is 1. The van der Waals surface area contributed by atoms with Crippen molar-refractivity contribution in [3.05, 3.63) is 49.1 Å². The molecule has 2 aliphatic rings. The number of carbonyl (C=O) groups is 1. The molecular formula is C19H23N5O. The van der Waals surface area contributed by atoms with Crippen LogP contribution in [0.2, 0.25) is 0 Å². The molecular weight excluding hydrogens is 314 g/mol. The molecule has 130 valence electrons. The highest BCUT2D eigenvalue weighted by Gasteiger charge is 2.35. The standard InChI is InChI=1S/C19H23N5O/c1-13(21-10-16-9-14-2-3-15(16)8-14)19(25)23-17-4-6-18(7-5-17)24-12-20-11-22-24/h2-7,11-16,21H,8-10H2,1H3,(H,23,25)/t13-,14-,15-,16-/m0/s1. The van der Waals surface area contributed by atoms with Gasteiger partial charge >= 0.3 is 0 Å². The maximum atomic E-state index is 12.4. The molecule has 0 saturated heterocycles. The molecule has 6 nitrogen and oxygen atoms in total. The van der Waals surface area contributed by atoms with E-state index in [1.807, 2.05) is 31.2 Å². The number of nitrogens with zero attached hydrogens (tertiary/aromatic N) is 3. The fourth-order valence-corrected chi connectivity index (χ4v) is 3.84. The number of hydrogen-bond acceptors (Lipinski definition) is 4. The minimum absolute atomic E-state index is 0.00722. The van der Waals surface area contributed by atoms with E-state index in [4.69, 9.17) is 0 Å². The van der Waals surface area contributed by atoms with Crippen LogP contribution in [0.15, 0.2) is 49.1 Å². The fourth-order valence-electron chi connectivity index (χ4n) is 3.84. The number of nitrogens with one attached hydrogen (secondary N) is 2. The Morgan fingerprint density at radius 3 is 2.76 bits per heavy atom. The molecule has 25 heavy (non-hydrogen) atoms. The summed E-state index contributed by atoms with van der Waals surface area (Å²) in [5.74, 6) is 2.14. The summed E-state index contributed by atoms with van der Waals surface area (Å²) in [6, 6.07) is 7.36. The largest absolute Gasteiger partial charge is 0.325 e. The molecule has 0 unspecified atom stereocenters. The molecule has 1 aromatic carbocycles. The Morgan fingerprint density at radius 2 is 2.12 bits per heavy atom. The Hall–Kier alpha value is -2.47. The number of anilines is 1. The van der Waals surface area contributed by atoms with E-state index in [2.05, 4.69) is 32.9 Å². The third-order valence-corrected chi connectivity index (χ3v) is 5.31. The normalized spacial score (nSPS) is 25.2.